The van der Waals surface area contributed by atoms with E-state index in [1.54, 1.807) is 12.1 Å². The Morgan fingerprint density at radius 1 is 0.841 bits per heavy atom. The second kappa shape index (κ2) is 14.8. The van der Waals surface area contributed by atoms with Gasteiger partial charge in [0, 0.05) is 19.5 Å². The summed E-state index contributed by atoms with van der Waals surface area (Å²) in [7, 11) is -4.24. The lowest BCUT2D eigenvalue weighted by Crippen LogP contribution is -2.53. The van der Waals surface area contributed by atoms with Crippen LogP contribution in [0, 0.1) is 13.8 Å². The molecule has 0 aliphatic heterocycles. The van der Waals surface area contributed by atoms with E-state index in [0.717, 1.165) is 26.6 Å². The molecule has 1 unspecified atom stereocenters. The van der Waals surface area contributed by atoms with Crippen molar-refractivity contribution in [2.75, 3.05) is 17.4 Å². The minimum absolute atomic E-state index is 0.0111. The number of aryl methyl sites for hydroxylation is 2. The number of likely N-dealkylation sites (N-methyl/N-ethyl adjacent to an activating group) is 1. The molecule has 2 amide bonds. The molecular formula is C34H35Cl2N3O4S. The molecule has 0 heterocycles. The van der Waals surface area contributed by atoms with Crippen LogP contribution in [0.15, 0.2) is 102 Å². The summed E-state index contributed by atoms with van der Waals surface area (Å²) in [6.07, 6.45) is 0.238. The predicted octanol–water partition coefficient (Wildman–Crippen LogP) is 6.58. The fraction of sp³-hybridized carbons (Fsp3) is 0.235. The summed E-state index contributed by atoms with van der Waals surface area (Å²) in [5.41, 5.74) is 3.69. The average Bonchev–Trinajstić information content (AvgIpc) is 3.00. The number of amides is 2. The van der Waals surface area contributed by atoms with Gasteiger partial charge in [-0.05, 0) is 67.8 Å². The number of hydrogen-bond donors (Lipinski definition) is 1. The number of carbonyl (C=O) groups is 2. The second-order valence-electron chi connectivity index (χ2n) is 10.5. The smallest absolute Gasteiger partial charge is 0.264 e. The van der Waals surface area contributed by atoms with Crippen molar-refractivity contribution in [2.24, 2.45) is 0 Å². The normalized spacial score (nSPS) is 11.9. The topological polar surface area (TPSA) is 86.8 Å². The zero-order valence-electron chi connectivity index (χ0n) is 24.8. The van der Waals surface area contributed by atoms with Crippen molar-refractivity contribution in [1.82, 2.24) is 10.2 Å². The quantitative estimate of drug-likeness (QED) is 0.187. The molecule has 0 aromatic heterocycles. The minimum Gasteiger partial charge on any atom is -0.355 e. The first-order valence-electron chi connectivity index (χ1n) is 14.2. The van der Waals surface area contributed by atoms with Crippen LogP contribution in [0.2, 0.25) is 10.0 Å². The maximum Gasteiger partial charge on any atom is 0.264 e. The number of carbonyl (C=O) groups excluding carboxylic acids is 2. The van der Waals surface area contributed by atoms with Crippen molar-refractivity contribution in [2.45, 2.75) is 44.7 Å². The molecule has 0 radical (unpaired) electrons. The first kappa shape index (κ1) is 33.1. The molecule has 4 aromatic carbocycles. The highest BCUT2D eigenvalue weighted by Gasteiger charge is 2.34. The number of sulfonamides is 1. The SMILES string of the molecule is CCNC(=O)C(Cc1ccccc1)N(Cc1ccccc1C)C(=O)CN(c1ccc(Cl)c(Cl)c1)S(=O)(=O)c1ccc(C)cc1. The Morgan fingerprint density at radius 3 is 2.14 bits per heavy atom. The van der Waals surface area contributed by atoms with Crippen molar-refractivity contribution >= 4 is 50.7 Å². The van der Waals surface area contributed by atoms with Gasteiger partial charge in [0.2, 0.25) is 11.8 Å². The Hall–Kier alpha value is -3.85. The van der Waals surface area contributed by atoms with Gasteiger partial charge < -0.3 is 10.2 Å². The molecular weight excluding hydrogens is 617 g/mol. The molecule has 0 aliphatic rings. The molecule has 0 saturated heterocycles. The highest BCUT2D eigenvalue weighted by Crippen LogP contribution is 2.31. The Kier molecular flexibility index (Phi) is 11.1. The van der Waals surface area contributed by atoms with Crippen molar-refractivity contribution in [3.05, 3.63) is 129 Å². The van der Waals surface area contributed by atoms with Crippen LogP contribution in [0.5, 0.6) is 0 Å². The number of nitrogens with one attached hydrogen (secondary N) is 1. The van der Waals surface area contributed by atoms with Crippen LogP contribution in [0.25, 0.3) is 0 Å². The summed E-state index contributed by atoms with van der Waals surface area (Å²) in [5, 5.41) is 3.25. The van der Waals surface area contributed by atoms with E-state index in [0.29, 0.717) is 6.54 Å². The van der Waals surface area contributed by atoms with Gasteiger partial charge >= 0.3 is 0 Å². The third kappa shape index (κ3) is 8.00. The van der Waals surface area contributed by atoms with E-state index in [9.17, 15) is 18.0 Å². The second-order valence-corrected chi connectivity index (χ2v) is 13.1. The number of nitrogens with zero attached hydrogens (tertiary/aromatic N) is 2. The van der Waals surface area contributed by atoms with Gasteiger partial charge in [0.05, 0.1) is 20.6 Å². The van der Waals surface area contributed by atoms with Gasteiger partial charge in [0.25, 0.3) is 10.0 Å². The average molecular weight is 653 g/mol. The summed E-state index contributed by atoms with van der Waals surface area (Å²) in [4.78, 5) is 29.5. The van der Waals surface area contributed by atoms with Crippen LogP contribution in [0.3, 0.4) is 0 Å². The molecule has 0 aliphatic carbocycles. The largest absolute Gasteiger partial charge is 0.355 e. The molecule has 0 spiro atoms. The van der Waals surface area contributed by atoms with Crippen LogP contribution in [0.4, 0.5) is 5.69 Å². The monoisotopic (exact) mass is 651 g/mol. The molecule has 0 bridgehead atoms. The molecule has 44 heavy (non-hydrogen) atoms. The van der Waals surface area contributed by atoms with Crippen LogP contribution >= 0.6 is 23.2 Å². The lowest BCUT2D eigenvalue weighted by atomic mass is 10.0. The zero-order valence-corrected chi connectivity index (χ0v) is 27.2. The van der Waals surface area contributed by atoms with E-state index in [4.69, 9.17) is 23.2 Å². The van der Waals surface area contributed by atoms with E-state index < -0.39 is 28.5 Å². The van der Waals surface area contributed by atoms with Crippen molar-refractivity contribution in [3.63, 3.8) is 0 Å². The third-order valence-electron chi connectivity index (χ3n) is 7.30. The third-order valence-corrected chi connectivity index (χ3v) is 9.83. The number of hydrogen-bond acceptors (Lipinski definition) is 4. The van der Waals surface area contributed by atoms with Gasteiger partial charge in [-0.3, -0.25) is 13.9 Å². The van der Waals surface area contributed by atoms with Crippen LogP contribution < -0.4 is 9.62 Å². The maximum absolute atomic E-state index is 14.4. The highest BCUT2D eigenvalue weighted by atomic mass is 35.5. The summed E-state index contributed by atoms with van der Waals surface area (Å²) in [6, 6.07) is 26.9. The van der Waals surface area contributed by atoms with E-state index in [1.807, 2.05) is 75.4 Å². The van der Waals surface area contributed by atoms with Crippen molar-refractivity contribution in [1.29, 1.82) is 0 Å². The summed E-state index contributed by atoms with van der Waals surface area (Å²) < 4.78 is 29.2. The van der Waals surface area contributed by atoms with E-state index in [1.165, 1.54) is 35.2 Å². The minimum atomic E-state index is -4.24. The van der Waals surface area contributed by atoms with Crippen molar-refractivity contribution < 1.29 is 18.0 Å². The van der Waals surface area contributed by atoms with Gasteiger partial charge in [-0.25, -0.2) is 8.42 Å². The van der Waals surface area contributed by atoms with Crippen LogP contribution in [-0.4, -0.2) is 44.3 Å². The van der Waals surface area contributed by atoms with E-state index in [2.05, 4.69) is 5.32 Å². The first-order chi connectivity index (χ1) is 21.0. The molecule has 0 fully saturated rings. The van der Waals surface area contributed by atoms with E-state index >= 15 is 0 Å². The fourth-order valence-corrected chi connectivity index (χ4v) is 6.52. The molecule has 1 atom stereocenters. The molecule has 4 rings (SSSR count). The highest BCUT2D eigenvalue weighted by molar-refractivity contribution is 7.92. The number of anilines is 1. The maximum atomic E-state index is 14.4. The number of benzene rings is 4. The van der Waals surface area contributed by atoms with Gasteiger partial charge in [-0.1, -0.05) is 95.5 Å². The molecule has 0 saturated carbocycles. The predicted molar refractivity (Wildman–Crippen MR) is 177 cm³/mol. The number of halogens is 2. The van der Waals surface area contributed by atoms with Gasteiger partial charge in [0.1, 0.15) is 12.6 Å². The van der Waals surface area contributed by atoms with Crippen LogP contribution in [-0.2, 0) is 32.6 Å². The Labute approximate surface area is 269 Å². The van der Waals surface area contributed by atoms with Gasteiger partial charge in [-0.15, -0.1) is 0 Å². The lowest BCUT2D eigenvalue weighted by Gasteiger charge is -2.34. The summed E-state index contributed by atoms with van der Waals surface area (Å²) in [6.45, 7) is 5.48. The molecule has 4 aromatic rings. The Morgan fingerprint density at radius 2 is 1.50 bits per heavy atom. The van der Waals surface area contributed by atoms with E-state index in [-0.39, 0.29) is 39.5 Å². The standard InChI is InChI=1S/C34H35Cl2N3O4S/c1-4-37-34(41)32(20-26-11-6-5-7-12-26)38(22-27-13-9-8-10-25(27)3)33(40)23-39(28-16-19-30(35)31(36)21-28)44(42,43)29-17-14-24(2)15-18-29/h5-19,21,32H,4,20,22-23H2,1-3H3,(H,37,41). The Bertz CT molecular complexity index is 1710. The first-order valence-corrected chi connectivity index (χ1v) is 16.4. The van der Waals surface area contributed by atoms with Gasteiger partial charge in [0.15, 0.2) is 0 Å². The molecule has 10 heteroatoms. The summed E-state index contributed by atoms with van der Waals surface area (Å²) in [5.74, 6) is -0.886. The number of rotatable bonds is 12. The molecule has 230 valence electrons. The Balaban J connectivity index is 1.82. The van der Waals surface area contributed by atoms with Crippen molar-refractivity contribution in [3.8, 4) is 0 Å². The van der Waals surface area contributed by atoms with Crippen LogP contribution in [0.1, 0.15) is 29.2 Å². The molecule has 1 N–H and O–H groups in total. The molecule has 7 nitrogen and oxygen atoms in total. The fourth-order valence-electron chi connectivity index (χ4n) is 4.82. The van der Waals surface area contributed by atoms with Gasteiger partial charge in [-0.2, -0.15) is 0 Å². The zero-order chi connectivity index (χ0) is 31.9. The lowest BCUT2D eigenvalue weighted by molar-refractivity contribution is -0.140. The summed E-state index contributed by atoms with van der Waals surface area (Å²) >= 11 is 12.5.